The zero-order valence-corrected chi connectivity index (χ0v) is 11.2. The first-order valence-electron chi connectivity index (χ1n) is 6.79. The molecule has 2 N–H and O–H groups in total. The average molecular weight is 250 g/mol. The van der Waals surface area contributed by atoms with Crippen molar-refractivity contribution in [2.75, 3.05) is 6.54 Å². The van der Waals surface area contributed by atoms with Crippen LogP contribution in [0, 0.1) is 0 Å². The van der Waals surface area contributed by atoms with E-state index in [1.807, 2.05) is 6.07 Å². The normalized spacial score (nSPS) is 20.2. The van der Waals surface area contributed by atoms with E-state index in [0.29, 0.717) is 12.6 Å². The summed E-state index contributed by atoms with van der Waals surface area (Å²) in [5, 5.41) is 6.28. The summed E-state index contributed by atoms with van der Waals surface area (Å²) in [4.78, 5) is 11.9. The number of hydrogen-bond donors (Lipinski definition) is 2. The molecule has 1 aromatic rings. The molecule has 0 aromatic carbocycles. The lowest BCUT2D eigenvalue weighted by atomic mass is 9.93. The van der Waals surface area contributed by atoms with Gasteiger partial charge < -0.3 is 15.1 Å². The summed E-state index contributed by atoms with van der Waals surface area (Å²) in [6.45, 7) is 4.58. The zero-order valence-electron chi connectivity index (χ0n) is 11.2. The smallest absolute Gasteiger partial charge is 0.234 e. The summed E-state index contributed by atoms with van der Waals surface area (Å²) in [7, 11) is 0. The van der Waals surface area contributed by atoms with Crippen LogP contribution in [0.25, 0.3) is 0 Å². The van der Waals surface area contributed by atoms with Crippen LogP contribution in [0.4, 0.5) is 0 Å². The van der Waals surface area contributed by atoms with E-state index in [4.69, 9.17) is 4.42 Å². The molecule has 0 radical (unpaired) electrons. The summed E-state index contributed by atoms with van der Waals surface area (Å²) in [5.41, 5.74) is 1.15. The second-order valence-electron chi connectivity index (χ2n) is 5.00. The summed E-state index contributed by atoms with van der Waals surface area (Å²) < 4.78 is 5.42. The van der Waals surface area contributed by atoms with Crippen molar-refractivity contribution in [1.29, 1.82) is 0 Å². The van der Waals surface area contributed by atoms with Gasteiger partial charge in [-0.3, -0.25) is 4.79 Å². The molecule has 2 atom stereocenters. The van der Waals surface area contributed by atoms with Crippen molar-refractivity contribution in [3.05, 3.63) is 23.7 Å². The fraction of sp³-hybridized carbons (Fsp3) is 0.643. The first kappa shape index (κ1) is 13.1. The number of carbonyl (C=O) groups excluding carboxylic acids is 1. The molecular weight excluding hydrogens is 228 g/mol. The lowest BCUT2D eigenvalue weighted by molar-refractivity contribution is -0.121. The van der Waals surface area contributed by atoms with Gasteiger partial charge in [-0.15, -0.1) is 0 Å². The van der Waals surface area contributed by atoms with Crippen LogP contribution in [0.3, 0.4) is 0 Å². The highest BCUT2D eigenvalue weighted by atomic mass is 16.3. The standard InChI is InChI=1S/C14H22N2O2/c1-3-10(2)15-9-14(17)16-12-5-4-6-13-11(12)7-8-18-13/h7-8,10,12,15H,3-6,9H2,1-2H3,(H,16,17). The van der Waals surface area contributed by atoms with Gasteiger partial charge in [-0.2, -0.15) is 0 Å². The van der Waals surface area contributed by atoms with Crippen LogP contribution in [0.15, 0.2) is 16.7 Å². The van der Waals surface area contributed by atoms with Crippen LogP contribution in [0.1, 0.15) is 50.5 Å². The minimum atomic E-state index is 0.0642. The molecule has 0 saturated heterocycles. The molecule has 1 aliphatic carbocycles. The molecular formula is C14H22N2O2. The van der Waals surface area contributed by atoms with Gasteiger partial charge >= 0.3 is 0 Å². The van der Waals surface area contributed by atoms with Crippen LogP contribution in [0.2, 0.25) is 0 Å². The van der Waals surface area contributed by atoms with Crippen molar-refractivity contribution in [2.24, 2.45) is 0 Å². The molecule has 0 spiro atoms. The summed E-state index contributed by atoms with van der Waals surface area (Å²) in [6.07, 6.45) is 5.81. The quantitative estimate of drug-likeness (QED) is 0.842. The highest BCUT2D eigenvalue weighted by molar-refractivity contribution is 5.78. The Morgan fingerprint density at radius 1 is 1.61 bits per heavy atom. The maximum Gasteiger partial charge on any atom is 0.234 e. The van der Waals surface area contributed by atoms with E-state index in [-0.39, 0.29) is 11.9 Å². The Kier molecular flexibility index (Phi) is 4.42. The van der Waals surface area contributed by atoms with Crippen LogP contribution in [0.5, 0.6) is 0 Å². The third-order valence-electron chi connectivity index (χ3n) is 3.61. The number of aryl methyl sites for hydroxylation is 1. The molecule has 2 rings (SSSR count). The van der Waals surface area contributed by atoms with E-state index in [2.05, 4.69) is 24.5 Å². The van der Waals surface area contributed by atoms with Crippen molar-refractivity contribution in [3.63, 3.8) is 0 Å². The van der Waals surface area contributed by atoms with Crippen molar-refractivity contribution < 1.29 is 9.21 Å². The number of fused-ring (bicyclic) bond motifs is 1. The lowest BCUT2D eigenvalue weighted by Gasteiger charge is -2.23. The third kappa shape index (κ3) is 3.13. The fourth-order valence-corrected chi connectivity index (χ4v) is 2.29. The average Bonchev–Trinajstić information content (AvgIpc) is 2.85. The van der Waals surface area contributed by atoms with Crippen molar-refractivity contribution in [3.8, 4) is 0 Å². The summed E-state index contributed by atoms with van der Waals surface area (Å²) in [5.74, 6) is 1.09. The van der Waals surface area contributed by atoms with E-state index in [0.717, 1.165) is 37.0 Å². The predicted octanol–water partition coefficient (Wildman–Crippen LogP) is 2.16. The molecule has 1 aromatic heterocycles. The lowest BCUT2D eigenvalue weighted by Crippen LogP contribution is -2.40. The molecule has 0 saturated carbocycles. The van der Waals surface area contributed by atoms with Crippen molar-refractivity contribution in [1.82, 2.24) is 10.6 Å². The number of nitrogens with one attached hydrogen (secondary N) is 2. The number of hydrogen-bond acceptors (Lipinski definition) is 3. The van der Waals surface area contributed by atoms with Gasteiger partial charge in [0.2, 0.25) is 5.91 Å². The molecule has 0 aliphatic heterocycles. The monoisotopic (exact) mass is 250 g/mol. The molecule has 100 valence electrons. The predicted molar refractivity (Wildman–Crippen MR) is 70.3 cm³/mol. The highest BCUT2D eigenvalue weighted by Crippen LogP contribution is 2.30. The molecule has 0 bridgehead atoms. The summed E-state index contributed by atoms with van der Waals surface area (Å²) in [6, 6.07) is 2.48. The van der Waals surface area contributed by atoms with Gasteiger partial charge in [0.1, 0.15) is 5.76 Å². The SMILES string of the molecule is CCC(C)NCC(=O)NC1CCCc2occc21. The van der Waals surface area contributed by atoms with E-state index >= 15 is 0 Å². The Hall–Kier alpha value is -1.29. The number of furan rings is 1. The van der Waals surface area contributed by atoms with Gasteiger partial charge in [0.05, 0.1) is 18.8 Å². The first-order chi connectivity index (χ1) is 8.70. The molecule has 1 amide bonds. The van der Waals surface area contributed by atoms with Gasteiger partial charge in [0, 0.05) is 18.0 Å². The van der Waals surface area contributed by atoms with E-state index in [1.54, 1.807) is 6.26 Å². The molecule has 4 heteroatoms. The number of carbonyl (C=O) groups is 1. The van der Waals surface area contributed by atoms with Crippen LogP contribution in [-0.2, 0) is 11.2 Å². The molecule has 0 fully saturated rings. The molecule has 18 heavy (non-hydrogen) atoms. The first-order valence-corrected chi connectivity index (χ1v) is 6.79. The van der Waals surface area contributed by atoms with Gasteiger partial charge in [0.25, 0.3) is 0 Å². The van der Waals surface area contributed by atoms with E-state index in [9.17, 15) is 4.79 Å². The maximum atomic E-state index is 11.9. The Labute approximate surface area is 108 Å². The van der Waals surface area contributed by atoms with Gasteiger partial charge in [0.15, 0.2) is 0 Å². The minimum absolute atomic E-state index is 0.0642. The van der Waals surface area contributed by atoms with Gasteiger partial charge in [-0.25, -0.2) is 0 Å². The molecule has 1 heterocycles. The second-order valence-corrected chi connectivity index (χ2v) is 5.00. The van der Waals surface area contributed by atoms with Gasteiger partial charge in [-0.1, -0.05) is 6.92 Å². The molecule has 2 unspecified atom stereocenters. The largest absolute Gasteiger partial charge is 0.469 e. The van der Waals surface area contributed by atoms with E-state index in [1.165, 1.54) is 0 Å². The Morgan fingerprint density at radius 3 is 3.22 bits per heavy atom. The fourth-order valence-electron chi connectivity index (χ4n) is 2.29. The van der Waals surface area contributed by atoms with Crippen LogP contribution >= 0.6 is 0 Å². The highest BCUT2D eigenvalue weighted by Gasteiger charge is 2.23. The zero-order chi connectivity index (χ0) is 13.0. The maximum absolute atomic E-state index is 11.9. The van der Waals surface area contributed by atoms with Crippen LogP contribution < -0.4 is 10.6 Å². The number of amides is 1. The van der Waals surface area contributed by atoms with Crippen molar-refractivity contribution in [2.45, 2.75) is 51.6 Å². The van der Waals surface area contributed by atoms with Gasteiger partial charge in [-0.05, 0) is 32.3 Å². The van der Waals surface area contributed by atoms with Crippen molar-refractivity contribution >= 4 is 5.91 Å². The Balaban J connectivity index is 1.86. The minimum Gasteiger partial charge on any atom is -0.469 e. The van der Waals surface area contributed by atoms with E-state index < -0.39 is 0 Å². The topological polar surface area (TPSA) is 54.3 Å². The van der Waals surface area contributed by atoms with Crippen LogP contribution in [-0.4, -0.2) is 18.5 Å². The number of rotatable bonds is 5. The Morgan fingerprint density at radius 2 is 2.44 bits per heavy atom. The second kappa shape index (κ2) is 6.05. The third-order valence-corrected chi connectivity index (χ3v) is 3.61. The Bertz CT molecular complexity index is 400. The molecule has 4 nitrogen and oxygen atoms in total. The summed E-state index contributed by atoms with van der Waals surface area (Å²) >= 11 is 0. The molecule has 1 aliphatic rings.